The Morgan fingerprint density at radius 1 is 1.19 bits per heavy atom. The Morgan fingerprint density at radius 2 is 1.96 bits per heavy atom. The van der Waals surface area contributed by atoms with Crippen molar-refractivity contribution in [1.82, 2.24) is 19.3 Å². The number of aryl methyl sites for hydroxylation is 1. The minimum absolute atomic E-state index is 0.123. The fourth-order valence-electron chi connectivity index (χ4n) is 3.05. The van der Waals surface area contributed by atoms with Crippen molar-refractivity contribution in [3.8, 4) is 11.8 Å². The van der Waals surface area contributed by atoms with Crippen LogP contribution in [0.5, 0.6) is 0 Å². The van der Waals surface area contributed by atoms with Crippen LogP contribution in [0.2, 0.25) is 0 Å². The van der Waals surface area contributed by atoms with Gasteiger partial charge in [0.1, 0.15) is 11.9 Å². The second-order valence-corrected chi connectivity index (χ2v) is 6.11. The van der Waals surface area contributed by atoms with E-state index in [1.54, 1.807) is 11.6 Å². The van der Waals surface area contributed by atoms with Crippen LogP contribution in [0, 0.1) is 24.1 Å². The number of aromatic nitrogens is 4. The number of nitriles is 1. The van der Waals surface area contributed by atoms with Gasteiger partial charge in [-0.05, 0) is 31.2 Å². The van der Waals surface area contributed by atoms with E-state index in [1.807, 2.05) is 30.3 Å². The first-order valence-corrected chi connectivity index (χ1v) is 8.27. The van der Waals surface area contributed by atoms with Crippen LogP contribution in [-0.2, 0) is 6.54 Å². The predicted molar refractivity (Wildman–Crippen MR) is 98.1 cm³/mol. The molecule has 0 atom stereocenters. The van der Waals surface area contributed by atoms with Crippen molar-refractivity contribution in [2.45, 2.75) is 13.5 Å². The van der Waals surface area contributed by atoms with Crippen LogP contribution in [-0.4, -0.2) is 19.3 Å². The highest BCUT2D eigenvalue weighted by atomic mass is 19.1. The molecule has 4 rings (SSSR count). The number of rotatable bonds is 3. The molecule has 0 fully saturated rings. The minimum atomic E-state index is -0.448. The second kappa shape index (κ2) is 6.50. The zero-order chi connectivity index (χ0) is 19.0. The van der Waals surface area contributed by atoms with Gasteiger partial charge in [0.25, 0.3) is 5.56 Å². The van der Waals surface area contributed by atoms with Gasteiger partial charge in [0.2, 0.25) is 0 Å². The van der Waals surface area contributed by atoms with E-state index in [1.165, 1.54) is 29.1 Å². The first-order valence-electron chi connectivity index (χ1n) is 8.27. The molecule has 0 saturated heterocycles. The molecule has 27 heavy (non-hydrogen) atoms. The Hall–Kier alpha value is -3.79. The van der Waals surface area contributed by atoms with Crippen molar-refractivity contribution in [3.05, 3.63) is 88.0 Å². The predicted octanol–water partition coefficient (Wildman–Crippen LogP) is 2.95. The Labute approximate surface area is 153 Å². The van der Waals surface area contributed by atoms with E-state index in [9.17, 15) is 14.4 Å². The Balaban J connectivity index is 1.87. The quantitative estimate of drug-likeness (QED) is 0.563. The molecule has 0 bridgehead atoms. The smallest absolute Gasteiger partial charge is 0.261 e. The summed E-state index contributed by atoms with van der Waals surface area (Å²) >= 11 is 0. The summed E-state index contributed by atoms with van der Waals surface area (Å²) in [6, 6.07) is 15.4. The topological polar surface area (TPSA) is 76.5 Å². The van der Waals surface area contributed by atoms with Gasteiger partial charge in [0.15, 0.2) is 0 Å². The number of nitrogens with zero attached hydrogens (tertiary/aromatic N) is 5. The molecule has 2 aromatic heterocycles. The first kappa shape index (κ1) is 16.7. The number of hydrogen-bond acceptors (Lipinski definition) is 4. The third kappa shape index (κ3) is 2.87. The summed E-state index contributed by atoms with van der Waals surface area (Å²) in [5.74, 6) is -0.448. The average molecular weight is 359 g/mol. The van der Waals surface area contributed by atoms with Crippen LogP contribution in [0.1, 0.15) is 17.0 Å². The summed E-state index contributed by atoms with van der Waals surface area (Å²) in [7, 11) is 0. The number of hydrogen-bond donors (Lipinski definition) is 0. The molecule has 0 spiro atoms. The molecule has 0 aliphatic rings. The first-order chi connectivity index (χ1) is 13.1. The van der Waals surface area contributed by atoms with Crippen molar-refractivity contribution in [3.63, 3.8) is 0 Å². The highest BCUT2D eigenvalue weighted by molar-refractivity contribution is 5.77. The lowest BCUT2D eigenvalue weighted by Crippen LogP contribution is -2.23. The van der Waals surface area contributed by atoms with E-state index < -0.39 is 5.82 Å². The molecule has 0 radical (unpaired) electrons. The Bertz CT molecular complexity index is 1250. The van der Waals surface area contributed by atoms with Crippen LogP contribution in [0.4, 0.5) is 4.39 Å². The maximum Gasteiger partial charge on any atom is 0.261 e. The minimum Gasteiger partial charge on any atom is -0.293 e. The lowest BCUT2D eigenvalue weighted by Gasteiger charge is -2.10. The van der Waals surface area contributed by atoms with Gasteiger partial charge in [-0.3, -0.25) is 9.36 Å². The van der Waals surface area contributed by atoms with E-state index >= 15 is 0 Å². The largest absolute Gasteiger partial charge is 0.293 e. The lowest BCUT2D eigenvalue weighted by atomic mass is 10.2. The van der Waals surface area contributed by atoms with E-state index in [0.29, 0.717) is 27.9 Å². The zero-order valence-corrected chi connectivity index (χ0v) is 14.4. The summed E-state index contributed by atoms with van der Waals surface area (Å²) in [4.78, 5) is 17.0. The highest BCUT2D eigenvalue weighted by Gasteiger charge is 2.18. The van der Waals surface area contributed by atoms with Crippen LogP contribution in [0.15, 0.2) is 59.7 Å². The maximum atomic E-state index is 13.4. The maximum absolute atomic E-state index is 13.4. The van der Waals surface area contributed by atoms with Crippen LogP contribution in [0.3, 0.4) is 0 Å². The molecular formula is C20H14FN5O. The van der Waals surface area contributed by atoms with E-state index in [2.05, 4.69) is 16.2 Å². The third-order valence-corrected chi connectivity index (χ3v) is 4.38. The monoisotopic (exact) mass is 359 g/mol. The van der Waals surface area contributed by atoms with Gasteiger partial charge in [-0.2, -0.15) is 10.4 Å². The fraction of sp³-hybridized carbons (Fsp3) is 0.100. The molecule has 0 aliphatic heterocycles. The van der Waals surface area contributed by atoms with Gasteiger partial charge in [0, 0.05) is 6.07 Å². The summed E-state index contributed by atoms with van der Waals surface area (Å²) < 4.78 is 16.4. The molecule has 132 valence electrons. The number of benzene rings is 2. The van der Waals surface area contributed by atoms with Crippen LogP contribution < -0.4 is 5.56 Å². The summed E-state index contributed by atoms with van der Waals surface area (Å²) in [6.07, 6.45) is 1.36. The van der Waals surface area contributed by atoms with Gasteiger partial charge in [-0.25, -0.2) is 14.1 Å². The lowest BCUT2D eigenvalue weighted by molar-refractivity contribution is 0.628. The number of fused-ring (bicyclic) bond motifs is 1. The third-order valence-electron chi connectivity index (χ3n) is 4.38. The summed E-state index contributed by atoms with van der Waals surface area (Å²) in [5.41, 5.74) is 2.38. The van der Waals surface area contributed by atoms with Crippen molar-refractivity contribution in [1.29, 1.82) is 5.26 Å². The van der Waals surface area contributed by atoms with Crippen LogP contribution >= 0.6 is 0 Å². The van der Waals surface area contributed by atoms with Crippen molar-refractivity contribution >= 4 is 10.9 Å². The van der Waals surface area contributed by atoms with E-state index in [-0.39, 0.29) is 12.1 Å². The number of para-hydroxylation sites is 1. The Morgan fingerprint density at radius 3 is 2.70 bits per heavy atom. The van der Waals surface area contributed by atoms with E-state index in [0.717, 1.165) is 5.69 Å². The van der Waals surface area contributed by atoms with Gasteiger partial charge in [0.05, 0.1) is 46.4 Å². The van der Waals surface area contributed by atoms with Gasteiger partial charge >= 0.3 is 0 Å². The second-order valence-electron chi connectivity index (χ2n) is 6.11. The van der Waals surface area contributed by atoms with Gasteiger partial charge < -0.3 is 0 Å². The fourth-order valence-corrected chi connectivity index (χ4v) is 3.05. The molecule has 0 unspecified atom stereocenters. The van der Waals surface area contributed by atoms with Gasteiger partial charge in [-0.1, -0.05) is 18.2 Å². The molecule has 0 saturated carbocycles. The SMILES string of the molecule is Cc1nn(-c2ccccc2)c(Cn2cnc3cc(F)ccc3c2=O)c1C#N. The van der Waals surface area contributed by atoms with Crippen molar-refractivity contribution in [2.24, 2.45) is 0 Å². The average Bonchev–Trinajstić information content (AvgIpc) is 3.00. The number of halogens is 1. The molecule has 2 aromatic carbocycles. The molecule has 0 aliphatic carbocycles. The molecule has 6 nitrogen and oxygen atoms in total. The summed E-state index contributed by atoms with van der Waals surface area (Å²) in [5, 5.41) is 14.3. The standard InChI is InChI=1S/C20H14FN5O/c1-13-17(10-22)19(26(24-13)15-5-3-2-4-6-15)11-25-12-23-18-9-14(21)7-8-16(18)20(25)27/h2-9,12H,11H2,1H3. The Kier molecular flexibility index (Phi) is 4.01. The molecule has 0 N–H and O–H groups in total. The summed E-state index contributed by atoms with van der Waals surface area (Å²) in [6.45, 7) is 1.88. The molecule has 2 heterocycles. The van der Waals surface area contributed by atoms with Crippen molar-refractivity contribution < 1.29 is 4.39 Å². The van der Waals surface area contributed by atoms with Gasteiger partial charge in [-0.15, -0.1) is 0 Å². The molecule has 4 aromatic rings. The van der Waals surface area contributed by atoms with Crippen LogP contribution in [0.25, 0.3) is 16.6 Å². The van der Waals surface area contributed by atoms with Crippen molar-refractivity contribution in [2.75, 3.05) is 0 Å². The molecule has 7 heteroatoms. The van der Waals surface area contributed by atoms with E-state index in [4.69, 9.17) is 0 Å². The molecular weight excluding hydrogens is 345 g/mol. The zero-order valence-electron chi connectivity index (χ0n) is 14.4. The molecule has 0 amide bonds. The normalized spacial score (nSPS) is 10.9. The highest BCUT2D eigenvalue weighted by Crippen LogP contribution is 2.19.